The van der Waals surface area contributed by atoms with Gasteiger partial charge in [-0.25, -0.2) is 4.79 Å². The third kappa shape index (κ3) is 5.77. The SMILES string of the molecule is CCc1ccccc1/C(=C\CSc1ccc(OCC(=O)O)c(C)c1)c1ccccc1. The third-order valence-electron chi connectivity index (χ3n) is 4.81. The quantitative estimate of drug-likeness (QED) is 0.418. The highest BCUT2D eigenvalue weighted by molar-refractivity contribution is 7.99. The van der Waals surface area contributed by atoms with Crippen molar-refractivity contribution in [2.24, 2.45) is 0 Å². The molecule has 0 heterocycles. The van der Waals surface area contributed by atoms with E-state index in [4.69, 9.17) is 9.84 Å². The number of ether oxygens (including phenoxy) is 1. The standard InChI is InChI=1S/C26H26O3S/c1-3-20-9-7-8-12-23(20)24(21-10-5-4-6-11-21)15-16-30-22-13-14-25(19(2)17-22)29-18-26(27)28/h4-15,17H,3,16,18H2,1-2H3,(H,27,28)/b24-15-. The molecule has 0 aliphatic carbocycles. The molecule has 0 bridgehead atoms. The van der Waals surface area contributed by atoms with Crippen molar-refractivity contribution < 1.29 is 14.6 Å². The van der Waals surface area contributed by atoms with Crippen LogP contribution in [0.4, 0.5) is 0 Å². The van der Waals surface area contributed by atoms with Crippen molar-refractivity contribution in [1.29, 1.82) is 0 Å². The molecule has 1 N–H and O–H groups in total. The minimum absolute atomic E-state index is 0.326. The van der Waals surface area contributed by atoms with Crippen molar-refractivity contribution >= 4 is 23.3 Å². The maximum absolute atomic E-state index is 10.7. The molecule has 154 valence electrons. The van der Waals surface area contributed by atoms with Crippen LogP contribution in [-0.2, 0) is 11.2 Å². The van der Waals surface area contributed by atoms with Gasteiger partial charge >= 0.3 is 5.97 Å². The van der Waals surface area contributed by atoms with Gasteiger partial charge in [0, 0.05) is 10.6 Å². The van der Waals surface area contributed by atoms with E-state index in [9.17, 15) is 4.79 Å². The van der Waals surface area contributed by atoms with Gasteiger partial charge in [-0.05, 0) is 59.4 Å². The first-order valence-electron chi connectivity index (χ1n) is 10.0. The molecular weight excluding hydrogens is 392 g/mol. The van der Waals surface area contributed by atoms with Gasteiger partial charge in [-0.15, -0.1) is 11.8 Å². The van der Waals surface area contributed by atoms with Crippen LogP contribution >= 0.6 is 11.8 Å². The fourth-order valence-electron chi connectivity index (χ4n) is 3.33. The largest absolute Gasteiger partial charge is 0.482 e. The molecule has 0 radical (unpaired) electrons. The highest BCUT2D eigenvalue weighted by atomic mass is 32.2. The number of hydrogen-bond acceptors (Lipinski definition) is 3. The van der Waals surface area contributed by atoms with Gasteiger partial charge in [-0.3, -0.25) is 0 Å². The lowest BCUT2D eigenvalue weighted by Gasteiger charge is -2.13. The van der Waals surface area contributed by atoms with Crippen molar-refractivity contribution in [3.05, 3.63) is 101 Å². The van der Waals surface area contributed by atoms with E-state index in [1.165, 1.54) is 22.3 Å². The summed E-state index contributed by atoms with van der Waals surface area (Å²) < 4.78 is 5.32. The molecule has 0 aliphatic rings. The Balaban J connectivity index is 1.80. The van der Waals surface area contributed by atoms with E-state index in [0.29, 0.717) is 5.75 Å². The summed E-state index contributed by atoms with van der Waals surface area (Å²) in [6.07, 6.45) is 3.28. The number of carboxylic acids is 1. The molecule has 0 amide bonds. The van der Waals surface area contributed by atoms with Gasteiger partial charge in [0.25, 0.3) is 0 Å². The molecule has 0 saturated carbocycles. The minimum Gasteiger partial charge on any atom is -0.482 e. The molecule has 0 spiro atoms. The third-order valence-corrected chi connectivity index (χ3v) is 5.73. The van der Waals surface area contributed by atoms with Crippen LogP contribution in [0.5, 0.6) is 5.75 Å². The van der Waals surface area contributed by atoms with E-state index >= 15 is 0 Å². The summed E-state index contributed by atoms with van der Waals surface area (Å²) in [4.78, 5) is 11.8. The average molecular weight is 419 g/mol. The minimum atomic E-state index is -0.973. The average Bonchev–Trinajstić information content (AvgIpc) is 2.76. The molecule has 0 aliphatic heterocycles. The van der Waals surface area contributed by atoms with Crippen LogP contribution in [0.1, 0.15) is 29.2 Å². The Morgan fingerprint density at radius 1 is 1.03 bits per heavy atom. The van der Waals surface area contributed by atoms with Crippen LogP contribution in [0.15, 0.2) is 83.8 Å². The van der Waals surface area contributed by atoms with E-state index in [1.807, 2.05) is 31.2 Å². The lowest BCUT2D eigenvalue weighted by Crippen LogP contribution is -2.09. The lowest BCUT2D eigenvalue weighted by atomic mass is 9.93. The van der Waals surface area contributed by atoms with E-state index in [-0.39, 0.29) is 6.61 Å². The Hall–Kier alpha value is -2.98. The zero-order valence-electron chi connectivity index (χ0n) is 17.3. The summed E-state index contributed by atoms with van der Waals surface area (Å²) in [5.74, 6) is 0.467. The molecule has 4 heteroatoms. The second-order valence-electron chi connectivity index (χ2n) is 6.92. The zero-order chi connectivity index (χ0) is 21.3. The van der Waals surface area contributed by atoms with Crippen molar-refractivity contribution in [1.82, 2.24) is 0 Å². The van der Waals surface area contributed by atoms with Crippen LogP contribution in [0, 0.1) is 6.92 Å². The zero-order valence-corrected chi connectivity index (χ0v) is 18.1. The predicted octanol–water partition coefficient (Wildman–Crippen LogP) is 6.24. The van der Waals surface area contributed by atoms with E-state index in [0.717, 1.165) is 22.6 Å². The van der Waals surface area contributed by atoms with E-state index in [2.05, 4.69) is 61.5 Å². The number of aliphatic carboxylic acids is 1. The van der Waals surface area contributed by atoms with Crippen LogP contribution in [-0.4, -0.2) is 23.4 Å². The number of hydrogen-bond donors (Lipinski definition) is 1. The lowest BCUT2D eigenvalue weighted by molar-refractivity contribution is -0.139. The smallest absolute Gasteiger partial charge is 0.341 e. The molecule has 30 heavy (non-hydrogen) atoms. The number of thioether (sulfide) groups is 1. The summed E-state index contributed by atoms with van der Waals surface area (Å²) in [6, 6.07) is 24.9. The number of carboxylic acid groups (broad SMARTS) is 1. The Morgan fingerprint density at radius 3 is 2.47 bits per heavy atom. The van der Waals surface area contributed by atoms with Gasteiger partial charge in [-0.1, -0.05) is 67.6 Å². The molecule has 0 unspecified atom stereocenters. The Bertz CT molecular complexity index is 1030. The van der Waals surface area contributed by atoms with Gasteiger partial charge in [0.05, 0.1) is 0 Å². The van der Waals surface area contributed by atoms with Crippen LogP contribution in [0.3, 0.4) is 0 Å². The number of rotatable bonds is 9. The molecule has 3 aromatic carbocycles. The Kier molecular flexibility index (Phi) is 7.75. The summed E-state index contributed by atoms with van der Waals surface area (Å²) in [7, 11) is 0. The number of carbonyl (C=O) groups is 1. The van der Waals surface area contributed by atoms with Crippen molar-refractivity contribution in [2.45, 2.75) is 25.2 Å². The highest BCUT2D eigenvalue weighted by Gasteiger charge is 2.09. The first-order valence-corrected chi connectivity index (χ1v) is 11.0. The first kappa shape index (κ1) is 21.7. The summed E-state index contributed by atoms with van der Waals surface area (Å²) in [6.45, 7) is 3.80. The van der Waals surface area contributed by atoms with Crippen molar-refractivity contribution in [3.8, 4) is 5.75 Å². The summed E-state index contributed by atoms with van der Waals surface area (Å²) in [5, 5.41) is 8.78. The monoisotopic (exact) mass is 418 g/mol. The van der Waals surface area contributed by atoms with E-state index < -0.39 is 5.97 Å². The van der Waals surface area contributed by atoms with Crippen LogP contribution in [0.2, 0.25) is 0 Å². The van der Waals surface area contributed by atoms with Gasteiger partial charge in [0.1, 0.15) is 5.75 Å². The van der Waals surface area contributed by atoms with Gasteiger partial charge in [-0.2, -0.15) is 0 Å². The molecular formula is C26H26O3S. The highest BCUT2D eigenvalue weighted by Crippen LogP contribution is 2.30. The predicted molar refractivity (Wildman–Crippen MR) is 124 cm³/mol. The topological polar surface area (TPSA) is 46.5 Å². The molecule has 0 fully saturated rings. The Morgan fingerprint density at radius 2 is 1.77 bits per heavy atom. The normalized spacial score (nSPS) is 11.3. The second-order valence-corrected chi connectivity index (χ2v) is 8.01. The van der Waals surface area contributed by atoms with Gasteiger partial charge in [0.2, 0.25) is 0 Å². The van der Waals surface area contributed by atoms with Crippen molar-refractivity contribution in [3.63, 3.8) is 0 Å². The van der Waals surface area contributed by atoms with Gasteiger partial charge in [0.15, 0.2) is 6.61 Å². The van der Waals surface area contributed by atoms with Crippen LogP contribution in [0.25, 0.3) is 5.57 Å². The van der Waals surface area contributed by atoms with Crippen molar-refractivity contribution in [2.75, 3.05) is 12.4 Å². The number of benzene rings is 3. The van der Waals surface area contributed by atoms with Crippen LogP contribution < -0.4 is 4.74 Å². The molecule has 3 aromatic rings. The maximum atomic E-state index is 10.7. The molecule has 0 saturated heterocycles. The van der Waals surface area contributed by atoms with Gasteiger partial charge < -0.3 is 9.84 Å². The van der Waals surface area contributed by atoms with E-state index in [1.54, 1.807) is 11.8 Å². The fourth-order valence-corrected chi connectivity index (χ4v) is 4.19. The first-order chi connectivity index (χ1) is 14.6. The molecule has 3 nitrogen and oxygen atoms in total. The summed E-state index contributed by atoms with van der Waals surface area (Å²) >= 11 is 1.75. The molecule has 3 rings (SSSR count). The molecule has 0 atom stereocenters. The number of aryl methyl sites for hydroxylation is 2. The Labute approximate surface area is 182 Å². The summed E-state index contributed by atoms with van der Waals surface area (Å²) in [5.41, 5.74) is 6.02. The molecule has 0 aromatic heterocycles. The fraction of sp³-hybridized carbons (Fsp3) is 0.192. The maximum Gasteiger partial charge on any atom is 0.341 e. The second kappa shape index (κ2) is 10.7.